The van der Waals surface area contributed by atoms with E-state index in [4.69, 9.17) is 16.9 Å². The molecule has 0 aliphatic carbocycles. The number of carbonyl (C=O) groups is 2. The van der Waals surface area contributed by atoms with Crippen LogP contribution in [0.3, 0.4) is 0 Å². The van der Waals surface area contributed by atoms with Crippen LogP contribution >= 0.6 is 11.6 Å². The van der Waals surface area contributed by atoms with Gasteiger partial charge in [0.05, 0.1) is 16.1 Å². The third-order valence-electron chi connectivity index (χ3n) is 4.11. The van der Waals surface area contributed by atoms with Gasteiger partial charge in [0, 0.05) is 18.9 Å². The van der Waals surface area contributed by atoms with Crippen LogP contribution in [0.5, 0.6) is 0 Å². The molecule has 0 fully saturated rings. The molecule has 0 saturated carbocycles. The number of aromatic nitrogens is 1. The van der Waals surface area contributed by atoms with Crippen molar-refractivity contribution in [3.05, 3.63) is 52.1 Å². The van der Waals surface area contributed by atoms with Crippen molar-refractivity contribution in [3.8, 4) is 6.07 Å². The fourth-order valence-electron chi connectivity index (χ4n) is 2.20. The summed E-state index contributed by atoms with van der Waals surface area (Å²) in [5.74, 6) is -5.46. The Hall–Kier alpha value is -3.04. The minimum atomic E-state index is -4.10. The Balaban J connectivity index is 0.000000547. The van der Waals surface area contributed by atoms with Gasteiger partial charge in [-0.15, -0.1) is 0 Å². The number of halogens is 7. The molecule has 0 spiro atoms. The van der Waals surface area contributed by atoms with E-state index in [0.29, 0.717) is 0 Å². The van der Waals surface area contributed by atoms with Crippen LogP contribution in [0.25, 0.3) is 0 Å². The zero-order valence-electron chi connectivity index (χ0n) is 16.8. The predicted molar refractivity (Wildman–Crippen MR) is 104 cm³/mol. The van der Waals surface area contributed by atoms with Crippen LogP contribution in [-0.2, 0) is 17.8 Å². The highest BCUT2D eigenvalue weighted by Crippen LogP contribution is 2.35. The molecule has 1 atom stereocenters. The first kappa shape index (κ1) is 27.0. The van der Waals surface area contributed by atoms with Gasteiger partial charge in [0.25, 0.3) is 5.91 Å². The Kier molecular flexibility index (Phi) is 8.87. The van der Waals surface area contributed by atoms with Crippen LogP contribution in [0.15, 0.2) is 24.4 Å². The molecule has 2 N–H and O–H groups in total. The summed E-state index contributed by atoms with van der Waals surface area (Å²) in [6.45, 7) is 1.07. The smallest absolute Gasteiger partial charge is 0.345 e. The Bertz CT molecular complexity index is 1030. The molecular formula is C19H17ClF6N4O2. The highest BCUT2D eigenvalue weighted by Gasteiger charge is 2.37. The fourth-order valence-corrected chi connectivity index (χ4v) is 2.59. The van der Waals surface area contributed by atoms with E-state index in [1.807, 2.05) is 0 Å². The van der Waals surface area contributed by atoms with Crippen LogP contribution in [0.2, 0.25) is 5.02 Å². The Morgan fingerprint density at radius 3 is 2.31 bits per heavy atom. The number of amides is 1. The van der Waals surface area contributed by atoms with Crippen LogP contribution < -0.4 is 10.6 Å². The van der Waals surface area contributed by atoms with E-state index in [1.165, 1.54) is 20.2 Å². The van der Waals surface area contributed by atoms with Crippen molar-refractivity contribution in [2.24, 2.45) is 7.05 Å². The van der Waals surface area contributed by atoms with Gasteiger partial charge in [-0.05, 0) is 32.2 Å². The molecule has 2 rings (SSSR count). The number of aryl methyl sites for hydroxylation is 1. The van der Waals surface area contributed by atoms with Crippen LogP contribution in [0, 0.1) is 17.1 Å². The van der Waals surface area contributed by atoms with E-state index in [1.54, 1.807) is 6.07 Å². The van der Waals surface area contributed by atoms with Crippen LogP contribution in [-0.4, -0.2) is 36.0 Å². The first-order chi connectivity index (χ1) is 14.7. The van der Waals surface area contributed by atoms with E-state index in [0.717, 1.165) is 29.8 Å². The van der Waals surface area contributed by atoms with Gasteiger partial charge in [0.2, 0.25) is 0 Å². The number of benzene rings is 1. The number of nitriles is 1. The number of aldehydes is 1. The standard InChI is InChI=1S/C15H9ClF3N3O2.C4H8F3N/c1-22-6-10(15(18,19)7-23)12(16)13(22)14(24)21-9-2-3-11(17)8(4-9)5-20;1-3(8-2)4(5,6)7/h2-4,6-7H,1H3,(H,21,24);3,8H,1-2H3. The largest absolute Gasteiger partial charge is 0.403 e. The quantitative estimate of drug-likeness (QED) is 0.489. The number of nitrogens with zero attached hydrogens (tertiary/aromatic N) is 2. The Morgan fingerprint density at radius 2 is 1.88 bits per heavy atom. The molecule has 2 aromatic rings. The summed E-state index contributed by atoms with van der Waals surface area (Å²) in [6.07, 6.45) is -3.80. The molecule has 13 heteroatoms. The molecular weight excluding hydrogens is 466 g/mol. The average Bonchev–Trinajstić information content (AvgIpc) is 3.03. The highest BCUT2D eigenvalue weighted by atomic mass is 35.5. The summed E-state index contributed by atoms with van der Waals surface area (Å²) in [5, 5.41) is 12.6. The van der Waals surface area contributed by atoms with Crippen molar-refractivity contribution >= 4 is 29.5 Å². The molecule has 1 aromatic heterocycles. The first-order valence-corrected chi connectivity index (χ1v) is 9.01. The SMILES string of the molecule is CNC(C)C(F)(F)F.Cn1cc(C(F)(F)C=O)c(Cl)c1C(=O)Nc1ccc(F)c(C#N)c1. The number of anilines is 1. The van der Waals surface area contributed by atoms with Gasteiger partial charge in [-0.25, -0.2) is 4.39 Å². The molecule has 0 aliphatic rings. The van der Waals surface area contributed by atoms with E-state index in [-0.39, 0.29) is 16.9 Å². The van der Waals surface area contributed by atoms with Crippen molar-refractivity contribution in [3.63, 3.8) is 0 Å². The molecule has 1 unspecified atom stereocenters. The van der Waals surface area contributed by atoms with Crippen molar-refractivity contribution in [1.29, 1.82) is 5.26 Å². The fraction of sp³-hybridized carbons (Fsp3) is 0.316. The van der Waals surface area contributed by atoms with Crippen LogP contribution in [0.1, 0.15) is 28.5 Å². The lowest BCUT2D eigenvalue weighted by molar-refractivity contribution is -0.150. The molecule has 0 saturated heterocycles. The molecule has 0 bridgehead atoms. The third kappa shape index (κ3) is 6.48. The summed E-state index contributed by atoms with van der Waals surface area (Å²) in [5.41, 5.74) is -1.32. The second-order valence-corrected chi connectivity index (χ2v) is 6.75. The van der Waals surface area contributed by atoms with Gasteiger partial charge in [0.1, 0.15) is 23.6 Å². The van der Waals surface area contributed by atoms with E-state index < -0.39 is 46.7 Å². The van der Waals surface area contributed by atoms with E-state index in [9.17, 15) is 35.9 Å². The maximum atomic E-state index is 13.5. The highest BCUT2D eigenvalue weighted by molar-refractivity contribution is 6.35. The maximum absolute atomic E-state index is 13.5. The summed E-state index contributed by atoms with van der Waals surface area (Å²) in [6, 6.07) is 3.47. The second-order valence-electron chi connectivity index (χ2n) is 6.37. The number of nitrogens with one attached hydrogen (secondary N) is 2. The maximum Gasteiger partial charge on any atom is 0.403 e. The van der Waals surface area contributed by atoms with Crippen molar-refractivity contribution < 1.29 is 35.9 Å². The van der Waals surface area contributed by atoms with Gasteiger partial charge in [-0.3, -0.25) is 9.59 Å². The van der Waals surface area contributed by atoms with Crippen molar-refractivity contribution in [2.45, 2.75) is 25.1 Å². The lowest BCUT2D eigenvalue weighted by atomic mass is 10.2. The molecule has 32 heavy (non-hydrogen) atoms. The summed E-state index contributed by atoms with van der Waals surface area (Å²) in [7, 11) is 2.58. The summed E-state index contributed by atoms with van der Waals surface area (Å²) in [4.78, 5) is 22.7. The van der Waals surface area contributed by atoms with Gasteiger partial charge < -0.3 is 15.2 Å². The first-order valence-electron chi connectivity index (χ1n) is 8.64. The lowest BCUT2D eigenvalue weighted by Crippen LogP contribution is -2.36. The average molecular weight is 483 g/mol. The molecule has 1 heterocycles. The molecule has 174 valence electrons. The topological polar surface area (TPSA) is 86.9 Å². The van der Waals surface area contributed by atoms with Crippen molar-refractivity contribution in [2.75, 3.05) is 12.4 Å². The minimum Gasteiger partial charge on any atom is -0.345 e. The Labute approximate surface area is 183 Å². The Morgan fingerprint density at radius 1 is 1.28 bits per heavy atom. The molecule has 6 nitrogen and oxygen atoms in total. The number of hydrogen-bond donors (Lipinski definition) is 2. The van der Waals surface area contributed by atoms with Crippen LogP contribution in [0.4, 0.5) is 32.0 Å². The second kappa shape index (κ2) is 10.5. The summed E-state index contributed by atoms with van der Waals surface area (Å²) < 4.78 is 75.5. The monoisotopic (exact) mass is 482 g/mol. The number of hydrogen-bond acceptors (Lipinski definition) is 4. The zero-order valence-corrected chi connectivity index (χ0v) is 17.6. The molecule has 1 aromatic carbocycles. The molecule has 0 aliphatic heterocycles. The molecule has 1 amide bonds. The lowest BCUT2D eigenvalue weighted by Gasteiger charge is -2.13. The van der Waals surface area contributed by atoms with E-state index >= 15 is 0 Å². The van der Waals surface area contributed by atoms with Gasteiger partial charge in [-0.1, -0.05) is 11.6 Å². The number of carbonyl (C=O) groups excluding carboxylic acids is 2. The van der Waals surface area contributed by atoms with E-state index in [2.05, 4.69) is 10.6 Å². The number of alkyl halides is 5. The van der Waals surface area contributed by atoms with Gasteiger partial charge >= 0.3 is 12.1 Å². The molecule has 0 radical (unpaired) electrons. The zero-order chi connectivity index (χ0) is 24.9. The van der Waals surface area contributed by atoms with Crippen molar-refractivity contribution in [1.82, 2.24) is 9.88 Å². The third-order valence-corrected chi connectivity index (χ3v) is 4.49. The van der Waals surface area contributed by atoms with Gasteiger partial charge in [0.15, 0.2) is 6.29 Å². The summed E-state index contributed by atoms with van der Waals surface area (Å²) >= 11 is 5.80. The predicted octanol–water partition coefficient (Wildman–Crippen LogP) is 4.39. The van der Waals surface area contributed by atoms with Gasteiger partial charge in [-0.2, -0.15) is 27.2 Å². The normalized spacial score (nSPS) is 12.3. The minimum absolute atomic E-state index is 0.0823. The number of rotatable bonds is 5.